The Morgan fingerprint density at radius 1 is 1.33 bits per heavy atom. The van der Waals surface area contributed by atoms with Crippen molar-refractivity contribution in [2.45, 2.75) is 32.6 Å². The van der Waals surface area contributed by atoms with Crippen molar-refractivity contribution < 1.29 is 0 Å². The molecule has 1 fully saturated rings. The predicted octanol–water partition coefficient (Wildman–Crippen LogP) is 2.71. The van der Waals surface area contributed by atoms with Gasteiger partial charge in [-0.05, 0) is 18.3 Å². The Hall–Kier alpha value is -1.12. The fraction of sp³-hybridized carbons (Fsp3) is 0.667. The molecular formula is C12H19N3. The molecular weight excluding hydrogens is 186 g/mol. The zero-order valence-corrected chi connectivity index (χ0v) is 9.32. The van der Waals surface area contributed by atoms with E-state index in [1.165, 1.54) is 25.7 Å². The molecule has 3 heteroatoms. The normalized spacial score (nSPS) is 26.2. The predicted molar refractivity (Wildman–Crippen MR) is 61.6 cm³/mol. The highest BCUT2D eigenvalue weighted by atomic mass is 15.0. The highest BCUT2D eigenvalue weighted by molar-refractivity contribution is 5.29. The van der Waals surface area contributed by atoms with Gasteiger partial charge in [0, 0.05) is 18.9 Å². The number of anilines is 1. The lowest BCUT2D eigenvalue weighted by molar-refractivity contribution is 0.268. The van der Waals surface area contributed by atoms with Crippen LogP contribution >= 0.6 is 0 Å². The maximum absolute atomic E-state index is 4.21. The van der Waals surface area contributed by atoms with Crippen LogP contribution in [0.25, 0.3) is 0 Å². The zero-order valence-electron chi connectivity index (χ0n) is 9.32. The van der Waals surface area contributed by atoms with Crippen LogP contribution in [0.1, 0.15) is 32.6 Å². The molecule has 1 heterocycles. The van der Waals surface area contributed by atoms with E-state index in [2.05, 4.69) is 22.2 Å². The minimum atomic E-state index is 0.806. The summed E-state index contributed by atoms with van der Waals surface area (Å²) >= 11 is 0. The second-order valence-electron chi connectivity index (χ2n) is 4.49. The van der Waals surface area contributed by atoms with Crippen molar-refractivity contribution in [2.24, 2.45) is 11.8 Å². The first-order valence-electron chi connectivity index (χ1n) is 5.86. The summed E-state index contributed by atoms with van der Waals surface area (Å²) in [5, 5.41) is 3.37. The molecule has 1 N–H and O–H groups in total. The fourth-order valence-electron chi connectivity index (χ4n) is 2.32. The molecule has 2 atom stereocenters. The summed E-state index contributed by atoms with van der Waals surface area (Å²) in [6, 6.07) is 0. The Labute approximate surface area is 91.3 Å². The molecule has 3 nitrogen and oxygen atoms in total. The second-order valence-corrected chi connectivity index (χ2v) is 4.49. The third-order valence-corrected chi connectivity index (χ3v) is 3.40. The molecule has 1 aliphatic rings. The summed E-state index contributed by atoms with van der Waals surface area (Å²) in [5.41, 5.74) is 0. The van der Waals surface area contributed by atoms with Gasteiger partial charge in [-0.1, -0.05) is 26.2 Å². The van der Waals surface area contributed by atoms with Gasteiger partial charge in [-0.25, -0.2) is 4.98 Å². The van der Waals surface area contributed by atoms with Crippen LogP contribution in [0.2, 0.25) is 0 Å². The fourth-order valence-corrected chi connectivity index (χ4v) is 2.32. The van der Waals surface area contributed by atoms with Crippen LogP contribution in [0, 0.1) is 11.8 Å². The van der Waals surface area contributed by atoms with Crippen LogP contribution in [0.4, 0.5) is 5.82 Å². The highest BCUT2D eigenvalue weighted by Gasteiger charge is 2.20. The van der Waals surface area contributed by atoms with Crippen LogP contribution in [0.5, 0.6) is 0 Å². The molecule has 0 bridgehead atoms. The lowest BCUT2D eigenvalue weighted by Crippen LogP contribution is -2.24. The summed E-state index contributed by atoms with van der Waals surface area (Å²) in [6.07, 6.45) is 10.7. The quantitative estimate of drug-likeness (QED) is 0.824. The molecule has 82 valence electrons. The van der Waals surface area contributed by atoms with Crippen LogP contribution in [0.15, 0.2) is 18.6 Å². The highest BCUT2D eigenvalue weighted by Crippen LogP contribution is 2.29. The van der Waals surface area contributed by atoms with Crippen molar-refractivity contribution in [2.75, 3.05) is 11.9 Å². The number of hydrogen-bond acceptors (Lipinski definition) is 3. The minimum absolute atomic E-state index is 0.806. The van der Waals surface area contributed by atoms with Crippen LogP contribution in [-0.4, -0.2) is 16.5 Å². The number of hydrogen-bond donors (Lipinski definition) is 1. The summed E-state index contributed by atoms with van der Waals surface area (Å²) < 4.78 is 0. The first-order chi connectivity index (χ1) is 7.36. The molecule has 0 aliphatic heterocycles. The molecule has 0 amide bonds. The van der Waals surface area contributed by atoms with E-state index in [0.29, 0.717) is 0 Å². The monoisotopic (exact) mass is 205 g/mol. The van der Waals surface area contributed by atoms with Crippen LogP contribution in [0.3, 0.4) is 0 Å². The molecule has 2 rings (SSSR count). The molecule has 15 heavy (non-hydrogen) atoms. The standard InChI is InChI=1S/C12H19N3/c1-10-4-2-3-5-11(10)8-15-12-9-13-6-7-14-12/h6-7,9-11H,2-5,8H2,1H3,(H,14,15). The van der Waals surface area contributed by atoms with E-state index in [0.717, 1.165) is 24.2 Å². The van der Waals surface area contributed by atoms with Crippen molar-refractivity contribution >= 4 is 5.82 Å². The van der Waals surface area contributed by atoms with E-state index in [-0.39, 0.29) is 0 Å². The summed E-state index contributed by atoms with van der Waals surface area (Å²) in [5.74, 6) is 2.55. The molecule has 0 radical (unpaired) electrons. The van der Waals surface area contributed by atoms with E-state index in [4.69, 9.17) is 0 Å². The minimum Gasteiger partial charge on any atom is -0.369 e. The van der Waals surface area contributed by atoms with Gasteiger partial charge in [-0.15, -0.1) is 0 Å². The second kappa shape index (κ2) is 5.10. The van der Waals surface area contributed by atoms with E-state index >= 15 is 0 Å². The van der Waals surface area contributed by atoms with Gasteiger partial charge >= 0.3 is 0 Å². The van der Waals surface area contributed by atoms with Gasteiger partial charge < -0.3 is 5.32 Å². The number of rotatable bonds is 3. The average molecular weight is 205 g/mol. The number of nitrogens with one attached hydrogen (secondary N) is 1. The SMILES string of the molecule is CC1CCCCC1CNc1cnccn1. The van der Waals surface area contributed by atoms with Gasteiger partial charge in [0.2, 0.25) is 0 Å². The summed E-state index contributed by atoms with van der Waals surface area (Å²) in [4.78, 5) is 8.26. The molecule has 1 aliphatic carbocycles. The molecule has 2 unspecified atom stereocenters. The Kier molecular flexibility index (Phi) is 3.54. The molecule has 1 aromatic rings. The first kappa shape index (κ1) is 10.4. The van der Waals surface area contributed by atoms with Crippen molar-refractivity contribution in [1.29, 1.82) is 0 Å². The summed E-state index contributed by atoms with van der Waals surface area (Å²) in [6.45, 7) is 3.40. The van der Waals surface area contributed by atoms with E-state index in [1.807, 2.05) is 0 Å². The zero-order chi connectivity index (χ0) is 10.5. The van der Waals surface area contributed by atoms with Gasteiger partial charge in [-0.2, -0.15) is 0 Å². The molecule has 0 aromatic carbocycles. The van der Waals surface area contributed by atoms with Gasteiger partial charge in [-0.3, -0.25) is 4.98 Å². The molecule has 1 saturated carbocycles. The maximum Gasteiger partial charge on any atom is 0.144 e. The van der Waals surface area contributed by atoms with Crippen molar-refractivity contribution in [1.82, 2.24) is 9.97 Å². The summed E-state index contributed by atoms with van der Waals surface area (Å²) in [7, 11) is 0. The van der Waals surface area contributed by atoms with Gasteiger partial charge in [0.05, 0.1) is 6.20 Å². The Bertz CT molecular complexity index is 286. The van der Waals surface area contributed by atoms with Gasteiger partial charge in [0.15, 0.2) is 0 Å². The molecule has 1 aromatic heterocycles. The average Bonchev–Trinajstić information content (AvgIpc) is 2.29. The van der Waals surface area contributed by atoms with Crippen molar-refractivity contribution in [3.63, 3.8) is 0 Å². The maximum atomic E-state index is 4.21. The smallest absolute Gasteiger partial charge is 0.144 e. The van der Waals surface area contributed by atoms with Crippen LogP contribution in [-0.2, 0) is 0 Å². The third kappa shape index (κ3) is 2.91. The number of nitrogens with zero attached hydrogens (tertiary/aromatic N) is 2. The van der Waals surface area contributed by atoms with Crippen molar-refractivity contribution in [3.8, 4) is 0 Å². The Morgan fingerprint density at radius 2 is 2.20 bits per heavy atom. The third-order valence-electron chi connectivity index (χ3n) is 3.40. The van der Waals surface area contributed by atoms with Crippen LogP contribution < -0.4 is 5.32 Å². The van der Waals surface area contributed by atoms with E-state index < -0.39 is 0 Å². The largest absolute Gasteiger partial charge is 0.369 e. The van der Waals surface area contributed by atoms with Gasteiger partial charge in [0.1, 0.15) is 5.82 Å². The molecule has 0 spiro atoms. The lowest BCUT2D eigenvalue weighted by Gasteiger charge is -2.28. The van der Waals surface area contributed by atoms with E-state index in [1.54, 1.807) is 18.6 Å². The number of aromatic nitrogens is 2. The Balaban J connectivity index is 1.82. The van der Waals surface area contributed by atoms with Gasteiger partial charge in [0.25, 0.3) is 0 Å². The topological polar surface area (TPSA) is 37.8 Å². The van der Waals surface area contributed by atoms with E-state index in [9.17, 15) is 0 Å². The Morgan fingerprint density at radius 3 is 2.93 bits per heavy atom. The lowest BCUT2D eigenvalue weighted by atomic mass is 9.80. The molecule has 0 saturated heterocycles. The van der Waals surface area contributed by atoms with Crippen molar-refractivity contribution in [3.05, 3.63) is 18.6 Å². The first-order valence-corrected chi connectivity index (χ1v) is 5.86.